The first-order valence-corrected chi connectivity index (χ1v) is 10.8. The van der Waals surface area contributed by atoms with E-state index in [2.05, 4.69) is 40.7 Å². The average molecular weight is 432 g/mol. The summed E-state index contributed by atoms with van der Waals surface area (Å²) < 4.78 is 5.83. The Morgan fingerprint density at radius 2 is 2.00 bits per heavy atom. The molecule has 8 heteroatoms. The summed E-state index contributed by atoms with van der Waals surface area (Å²) in [4.78, 5) is 14.0. The van der Waals surface area contributed by atoms with Crippen molar-refractivity contribution >= 4 is 21.6 Å². The van der Waals surface area contributed by atoms with Gasteiger partial charge in [-0.25, -0.2) is 0 Å². The number of aliphatic hydroxyl groups excluding tert-OH is 1. The summed E-state index contributed by atoms with van der Waals surface area (Å²) in [5.41, 5.74) is 3.67. The molecule has 0 aliphatic heterocycles. The number of hydrogen-bond donors (Lipinski definition) is 5. The Morgan fingerprint density at radius 3 is 2.80 bits per heavy atom. The number of aromatic nitrogens is 1. The van der Waals surface area contributed by atoms with Gasteiger partial charge in [0.05, 0.1) is 11.3 Å². The molecule has 0 saturated carbocycles. The Bertz CT molecular complexity index is 1020. The van der Waals surface area contributed by atoms with Crippen LogP contribution in [0.15, 0.2) is 41.2 Å². The lowest BCUT2D eigenvalue weighted by atomic mass is 10.1. The summed E-state index contributed by atoms with van der Waals surface area (Å²) in [5, 5.41) is 26.8. The Balaban J connectivity index is 1.50. The number of phenols is 1. The number of hydrogen-bond acceptors (Lipinski definition) is 7. The minimum Gasteiger partial charge on any atom is -0.506 e. The molecule has 0 aliphatic carbocycles. The molecule has 0 amide bonds. The van der Waals surface area contributed by atoms with Gasteiger partial charge in [-0.2, -0.15) is 0 Å². The second-order valence-electron chi connectivity index (χ2n) is 7.44. The maximum Gasteiger partial charge on any atom is 0.305 e. The lowest BCUT2D eigenvalue weighted by molar-refractivity contribution is 0.138. The maximum atomic E-state index is 11.6. The predicted octanol–water partition coefficient (Wildman–Crippen LogP) is 2.11. The third kappa shape index (κ3) is 6.13. The lowest BCUT2D eigenvalue weighted by Crippen LogP contribution is -2.32. The van der Waals surface area contributed by atoms with Crippen molar-refractivity contribution in [3.63, 3.8) is 0 Å². The number of ether oxygens (including phenoxy) is 1. The molecular weight excluding hydrogens is 402 g/mol. The molecule has 0 saturated heterocycles. The van der Waals surface area contributed by atoms with E-state index in [0.29, 0.717) is 35.8 Å². The van der Waals surface area contributed by atoms with E-state index in [4.69, 9.17) is 4.74 Å². The smallest absolute Gasteiger partial charge is 0.305 e. The van der Waals surface area contributed by atoms with E-state index in [-0.39, 0.29) is 10.6 Å². The number of methoxy groups -OCH3 is 1. The molecule has 0 radical (unpaired) electrons. The standard InChI is InChI=1S/C22H29N3O4S/c1-14(13-29-2)24-12-16-5-3-4-15(10-16)8-9-23-19(27)11-17-6-7-18(26)20-21(17)30-22(28)25-20/h3-7,10,14,19,23-24,26-27H,8-9,11-13H2,1-2H3,(H,25,28)/t14-,19?/m0/s1. The van der Waals surface area contributed by atoms with Crippen LogP contribution in [-0.4, -0.2) is 47.7 Å². The highest BCUT2D eigenvalue weighted by molar-refractivity contribution is 7.16. The number of fused-ring (bicyclic) bond motifs is 1. The van der Waals surface area contributed by atoms with Gasteiger partial charge < -0.3 is 25.3 Å². The number of phenolic OH excluding ortho intramolecular Hbond substituents is 1. The fourth-order valence-electron chi connectivity index (χ4n) is 3.39. The molecule has 1 aromatic heterocycles. The molecule has 1 heterocycles. The molecule has 0 fully saturated rings. The van der Waals surface area contributed by atoms with Gasteiger partial charge in [0.25, 0.3) is 0 Å². The molecule has 2 aromatic carbocycles. The fourth-order valence-corrected chi connectivity index (χ4v) is 4.27. The van der Waals surface area contributed by atoms with E-state index in [1.165, 1.54) is 11.1 Å². The highest BCUT2D eigenvalue weighted by atomic mass is 32.1. The minimum atomic E-state index is -0.741. The van der Waals surface area contributed by atoms with Crippen LogP contribution in [0.4, 0.5) is 0 Å². The third-order valence-corrected chi connectivity index (χ3v) is 5.87. The molecule has 0 bridgehead atoms. The molecule has 7 nitrogen and oxygen atoms in total. The number of rotatable bonds is 11. The number of benzene rings is 2. The monoisotopic (exact) mass is 431 g/mol. The molecule has 30 heavy (non-hydrogen) atoms. The van der Waals surface area contributed by atoms with Crippen molar-refractivity contribution in [2.24, 2.45) is 0 Å². The third-order valence-electron chi connectivity index (χ3n) is 4.91. The van der Waals surface area contributed by atoms with E-state index >= 15 is 0 Å². The zero-order valence-electron chi connectivity index (χ0n) is 17.3. The van der Waals surface area contributed by atoms with E-state index in [1.54, 1.807) is 19.2 Å². The minimum absolute atomic E-state index is 0.0422. The summed E-state index contributed by atoms with van der Waals surface area (Å²) in [7, 11) is 1.70. The Hall–Kier alpha value is -2.23. The first kappa shape index (κ1) is 22.5. The van der Waals surface area contributed by atoms with Crippen molar-refractivity contribution in [2.45, 2.75) is 38.6 Å². The molecule has 1 unspecified atom stereocenters. The Labute approximate surface area is 179 Å². The van der Waals surface area contributed by atoms with Gasteiger partial charge in [-0.15, -0.1) is 0 Å². The van der Waals surface area contributed by atoms with Gasteiger partial charge in [-0.1, -0.05) is 41.7 Å². The predicted molar refractivity (Wildman–Crippen MR) is 120 cm³/mol. The van der Waals surface area contributed by atoms with Crippen molar-refractivity contribution in [1.82, 2.24) is 15.6 Å². The van der Waals surface area contributed by atoms with Crippen LogP contribution < -0.4 is 15.5 Å². The number of nitrogens with one attached hydrogen (secondary N) is 3. The SMILES string of the molecule is COC[C@H](C)NCc1cccc(CCNC(O)Cc2ccc(O)c3[nH]c(=O)sc23)c1. The number of H-pyrrole nitrogens is 1. The van der Waals surface area contributed by atoms with Crippen molar-refractivity contribution in [2.75, 3.05) is 20.3 Å². The van der Waals surface area contributed by atoms with Gasteiger partial charge in [0, 0.05) is 32.7 Å². The number of aliphatic hydroxyl groups is 1. The van der Waals surface area contributed by atoms with E-state index in [9.17, 15) is 15.0 Å². The molecule has 3 aromatic rings. The first-order valence-electron chi connectivity index (χ1n) is 10.0. The van der Waals surface area contributed by atoms with Crippen LogP contribution >= 0.6 is 11.3 Å². The van der Waals surface area contributed by atoms with Crippen LogP contribution in [0.25, 0.3) is 10.2 Å². The second-order valence-corrected chi connectivity index (χ2v) is 8.43. The van der Waals surface area contributed by atoms with E-state index in [0.717, 1.165) is 29.9 Å². The second kappa shape index (κ2) is 10.7. The van der Waals surface area contributed by atoms with Gasteiger partial charge in [-0.05, 0) is 36.1 Å². The molecule has 5 N–H and O–H groups in total. The summed E-state index contributed by atoms with van der Waals surface area (Å²) in [6.45, 7) is 4.18. The van der Waals surface area contributed by atoms with Gasteiger partial charge in [-0.3, -0.25) is 10.1 Å². The Morgan fingerprint density at radius 1 is 1.20 bits per heavy atom. The topological polar surface area (TPSA) is 107 Å². The molecule has 0 spiro atoms. The van der Waals surface area contributed by atoms with Gasteiger partial charge in [0.2, 0.25) is 0 Å². The van der Waals surface area contributed by atoms with Crippen LogP contribution in [0.3, 0.4) is 0 Å². The molecule has 0 aliphatic rings. The van der Waals surface area contributed by atoms with Crippen molar-refractivity contribution in [3.8, 4) is 5.75 Å². The number of aromatic amines is 1. The Kier molecular flexibility index (Phi) is 8.01. The summed E-state index contributed by atoms with van der Waals surface area (Å²) >= 11 is 1.04. The van der Waals surface area contributed by atoms with Crippen LogP contribution in [0.2, 0.25) is 0 Å². The van der Waals surface area contributed by atoms with Crippen molar-refractivity contribution in [1.29, 1.82) is 0 Å². The number of thiazole rings is 1. The highest BCUT2D eigenvalue weighted by Crippen LogP contribution is 2.28. The summed E-state index contributed by atoms with van der Waals surface area (Å²) in [6.07, 6.45) is 0.405. The van der Waals surface area contributed by atoms with Crippen molar-refractivity contribution in [3.05, 3.63) is 62.8 Å². The zero-order valence-corrected chi connectivity index (χ0v) is 18.1. The molecule has 3 rings (SSSR count). The van der Waals surface area contributed by atoms with E-state index < -0.39 is 6.23 Å². The maximum absolute atomic E-state index is 11.6. The van der Waals surface area contributed by atoms with Gasteiger partial charge >= 0.3 is 4.87 Å². The lowest BCUT2D eigenvalue weighted by Gasteiger charge is -2.15. The largest absolute Gasteiger partial charge is 0.506 e. The number of aromatic hydroxyl groups is 1. The van der Waals surface area contributed by atoms with Crippen LogP contribution in [0.5, 0.6) is 5.75 Å². The van der Waals surface area contributed by atoms with Gasteiger partial charge in [0.15, 0.2) is 0 Å². The quantitative estimate of drug-likeness (QED) is 0.298. The van der Waals surface area contributed by atoms with Gasteiger partial charge in [0.1, 0.15) is 17.5 Å². The zero-order chi connectivity index (χ0) is 21.5. The summed E-state index contributed by atoms with van der Waals surface area (Å²) in [5.74, 6) is 0.0422. The summed E-state index contributed by atoms with van der Waals surface area (Å²) in [6, 6.07) is 12.0. The van der Waals surface area contributed by atoms with Crippen LogP contribution in [0.1, 0.15) is 23.6 Å². The first-order chi connectivity index (χ1) is 14.5. The van der Waals surface area contributed by atoms with Crippen molar-refractivity contribution < 1.29 is 14.9 Å². The highest BCUT2D eigenvalue weighted by Gasteiger charge is 2.13. The fraction of sp³-hybridized carbons (Fsp3) is 0.409. The normalized spacial score (nSPS) is 13.6. The van der Waals surface area contributed by atoms with Crippen LogP contribution in [0, 0.1) is 0 Å². The molecule has 162 valence electrons. The molecular formula is C22H29N3O4S. The molecule has 2 atom stereocenters. The average Bonchev–Trinajstić information content (AvgIpc) is 3.12. The van der Waals surface area contributed by atoms with Crippen LogP contribution in [-0.2, 0) is 24.1 Å². The van der Waals surface area contributed by atoms with E-state index in [1.807, 2.05) is 6.07 Å².